The van der Waals surface area contributed by atoms with Gasteiger partial charge in [0.15, 0.2) is 0 Å². The summed E-state index contributed by atoms with van der Waals surface area (Å²) < 4.78 is 18.7. The van der Waals surface area contributed by atoms with Crippen molar-refractivity contribution >= 4 is 55.9 Å². The number of para-hydroxylation sites is 3. The maximum atomic E-state index is 6.27. The molecule has 4 heteroatoms. The molecule has 0 N–H and O–H groups in total. The van der Waals surface area contributed by atoms with Gasteiger partial charge in [0.2, 0.25) is 0 Å². The van der Waals surface area contributed by atoms with Crippen molar-refractivity contribution in [1.29, 1.82) is 0 Å². The fraction of sp³-hybridized carbons (Fsp3) is 0.0870. The largest absolute Gasteiger partial charge is 0.461 e. The van der Waals surface area contributed by atoms with Crippen LogP contribution in [0, 0.1) is 5.92 Å². The van der Waals surface area contributed by atoms with E-state index in [9.17, 15) is 0 Å². The van der Waals surface area contributed by atoms with Crippen LogP contribution in [0.2, 0.25) is 0 Å². The van der Waals surface area contributed by atoms with Crippen molar-refractivity contribution in [3.8, 4) is 5.75 Å². The van der Waals surface area contributed by atoms with Crippen LogP contribution in [-0.2, 0) is 0 Å². The Balaban J connectivity index is 0.995. The van der Waals surface area contributed by atoms with Gasteiger partial charge in [-0.25, -0.2) is 0 Å². The van der Waals surface area contributed by atoms with Crippen LogP contribution in [0.15, 0.2) is 172 Å². The standard InChI is InChI=1S/C46H31NO3/c1-4-10-40-34(7-1)38-26-32(20-23-43(38)48-40)47(33-21-24-44-39(27-33)35-8-2-5-11-41(35)49-44)31-18-15-28(16-19-31)30-14-13-29-17-22-45-46(37(29)25-30)36-9-3-6-12-42(36)50-45/h1-26,29,37,39H,27H2. The number of allylic oxidation sites excluding steroid dienone is 9. The molecule has 0 bridgehead atoms. The summed E-state index contributed by atoms with van der Waals surface area (Å²) in [6.07, 6.45) is 16.7. The van der Waals surface area contributed by atoms with Gasteiger partial charge in [-0.15, -0.1) is 0 Å². The van der Waals surface area contributed by atoms with E-state index < -0.39 is 0 Å². The molecule has 0 saturated heterocycles. The number of anilines is 2. The smallest absolute Gasteiger partial charge is 0.135 e. The molecule has 3 atom stereocenters. The number of hydrogen-bond donors (Lipinski definition) is 0. The zero-order chi connectivity index (χ0) is 32.8. The minimum Gasteiger partial charge on any atom is -0.461 e. The van der Waals surface area contributed by atoms with Crippen LogP contribution in [0.1, 0.15) is 40.7 Å². The summed E-state index contributed by atoms with van der Waals surface area (Å²) in [5.41, 5.74) is 11.1. The number of ether oxygens (including phenoxy) is 1. The minimum atomic E-state index is 0.186. The van der Waals surface area contributed by atoms with Crippen molar-refractivity contribution in [2.75, 3.05) is 4.90 Å². The highest BCUT2D eigenvalue weighted by atomic mass is 16.5. The molecular weight excluding hydrogens is 615 g/mol. The van der Waals surface area contributed by atoms with Crippen LogP contribution in [0.5, 0.6) is 5.75 Å². The maximum absolute atomic E-state index is 6.27. The van der Waals surface area contributed by atoms with Gasteiger partial charge < -0.3 is 18.5 Å². The van der Waals surface area contributed by atoms with Crippen molar-refractivity contribution in [2.24, 2.45) is 5.92 Å². The molecule has 0 saturated carbocycles. The van der Waals surface area contributed by atoms with Crippen molar-refractivity contribution < 1.29 is 13.6 Å². The van der Waals surface area contributed by atoms with Crippen LogP contribution in [0.4, 0.5) is 11.4 Å². The Morgan fingerprint density at radius 1 is 0.620 bits per heavy atom. The van der Waals surface area contributed by atoms with Gasteiger partial charge in [0.25, 0.3) is 0 Å². The molecule has 2 aromatic heterocycles. The molecule has 0 radical (unpaired) electrons. The van der Waals surface area contributed by atoms with Crippen molar-refractivity contribution in [3.05, 3.63) is 186 Å². The number of rotatable bonds is 4. The zero-order valence-corrected chi connectivity index (χ0v) is 27.1. The van der Waals surface area contributed by atoms with Gasteiger partial charge in [-0.2, -0.15) is 0 Å². The lowest BCUT2D eigenvalue weighted by molar-refractivity contribution is 0.423. The highest BCUT2D eigenvalue weighted by Gasteiger charge is 2.34. The van der Waals surface area contributed by atoms with E-state index in [-0.39, 0.29) is 11.8 Å². The first-order valence-electron chi connectivity index (χ1n) is 17.3. The van der Waals surface area contributed by atoms with Gasteiger partial charge >= 0.3 is 0 Å². The first kappa shape index (κ1) is 27.7. The lowest BCUT2D eigenvalue weighted by atomic mass is 9.76. The first-order chi connectivity index (χ1) is 24.7. The monoisotopic (exact) mass is 645 g/mol. The molecule has 4 nitrogen and oxygen atoms in total. The fourth-order valence-electron chi connectivity index (χ4n) is 8.43. The summed E-state index contributed by atoms with van der Waals surface area (Å²) >= 11 is 0. The second kappa shape index (κ2) is 10.6. The molecule has 3 heterocycles. The number of benzene rings is 5. The third kappa shape index (κ3) is 4.18. The van der Waals surface area contributed by atoms with E-state index in [1.165, 1.54) is 33.3 Å². The summed E-state index contributed by atoms with van der Waals surface area (Å²) in [4.78, 5) is 2.40. The lowest BCUT2D eigenvalue weighted by Crippen LogP contribution is -2.20. The molecule has 0 spiro atoms. The topological polar surface area (TPSA) is 38.8 Å². The maximum Gasteiger partial charge on any atom is 0.135 e. The highest BCUT2D eigenvalue weighted by molar-refractivity contribution is 6.06. The predicted octanol–water partition coefficient (Wildman–Crippen LogP) is 12.2. The van der Waals surface area contributed by atoms with Gasteiger partial charge in [-0.05, 0) is 77.9 Å². The van der Waals surface area contributed by atoms with Crippen molar-refractivity contribution in [3.63, 3.8) is 0 Å². The SMILES string of the molecule is C1=CC2C=Cc3oc4ccccc4c3C2C=C1c1ccc(N(C2=CC=C3Oc4ccccc4C3C2)c2ccc3oc4ccccc4c3c2)cc1. The number of nitrogens with zero attached hydrogens (tertiary/aromatic N) is 1. The average molecular weight is 646 g/mol. The molecule has 5 aromatic carbocycles. The summed E-state index contributed by atoms with van der Waals surface area (Å²) in [6.45, 7) is 0. The summed E-state index contributed by atoms with van der Waals surface area (Å²) in [7, 11) is 0. The second-order valence-electron chi connectivity index (χ2n) is 13.6. The Morgan fingerprint density at radius 3 is 2.26 bits per heavy atom. The van der Waals surface area contributed by atoms with Crippen molar-refractivity contribution in [1.82, 2.24) is 0 Å². The fourth-order valence-corrected chi connectivity index (χ4v) is 8.43. The van der Waals surface area contributed by atoms with Gasteiger partial charge in [0.05, 0.1) is 5.92 Å². The van der Waals surface area contributed by atoms with Gasteiger partial charge in [0.1, 0.15) is 34.0 Å². The van der Waals surface area contributed by atoms with E-state index in [1.807, 2.05) is 24.3 Å². The van der Waals surface area contributed by atoms with E-state index in [4.69, 9.17) is 13.6 Å². The van der Waals surface area contributed by atoms with Crippen molar-refractivity contribution in [2.45, 2.75) is 18.3 Å². The molecule has 1 aliphatic heterocycles. The Labute approximate surface area is 289 Å². The Hall–Kier alpha value is -6.26. The zero-order valence-electron chi connectivity index (χ0n) is 27.1. The Kier molecular flexibility index (Phi) is 5.88. The molecule has 3 aliphatic carbocycles. The molecule has 7 aromatic rings. The first-order valence-corrected chi connectivity index (χ1v) is 17.3. The van der Waals surface area contributed by atoms with Crippen LogP contribution < -0.4 is 9.64 Å². The third-order valence-electron chi connectivity index (χ3n) is 10.8. The van der Waals surface area contributed by atoms with Gasteiger partial charge in [-0.1, -0.05) is 91.0 Å². The normalized spacial score (nSPS) is 20.1. The van der Waals surface area contributed by atoms with Crippen LogP contribution in [-0.4, -0.2) is 0 Å². The van der Waals surface area contributed by atoms with Crippen LogP contribution in [0.25, 0.3) is 44.6 Å². The second-order valence-corrected chi connectivity index (χ2v) is 13.6. The predicted molar refractivity (Wildman–Crippen MR) is 201 cm³/mol. The molecule has 0 amide bonds. The molecule has 0 fully saturated rings. The van der Waals surface area contributed by atoms with E-state index in [1.54, 1.807) is 0 Å². The van der Waals surface area contributed by atoms with Crippen LogP contribution >= 0.6 is 0 Å². The Bertz CT molecular complexity index is 2680. The molecule has 4 aliphatic rings. The summed E-state index contributed by atoms with van der Waals surface area (Å²) in [6, 6.07) is 40.6. The highest BCUT2D eigenvalue weighted by Crippen LogP contribution is 2.49. The van der Waals surface area contributed by atoms with Crippen LogP contribution in [0.3, 0.4) is 0 Å². The lowest BCUT2D eigenvalue weighted by Gasteiger charge is -2.31. The molecule has 11 rings (SSSR count). The summed E-state index contributed by atoms with van der Waals surface area (Å²) in [5, 5.41) is 3.44. The quantitative estimate of drug-likeness (QED) is 0.191. The molecular formula is C46H31NO3. The molecule has 3 unspecified atom stereocenters. The third-order valence-corrected chi connectivity index (χ3v) is 10.8. The van der Waals surface area contributed by atoms with Gasteiger partial charge in [-0.3, -0.25) is 0 Å². The Morgan fingerprint density at radius 2 is 1.36 bits per heavy atom. The van der Waals surface area contributed by atoms with E-state index in [2.05, 4.69) is 138 Å². The number of furan rings is 2. The average Bonchev–Trinajstić information content (AvgIpc) is 3.86. The van der Waals surface area contributed by atoms with E-state index in [0.29, 0.717) is 5.92 Å². The van der Waals surface area contributed by atoms with E-state index >= 15 is 0 Å². The molecule has 238 valence electrons. The minimum absolute atomic E-state index is 0.186. The van der Waals surface area contributed by atoms with Gasteiger partial charge in [0, 0.05) is 62.6 Å². The van der Waals surface area contributed by atoms with E-state index in [0.717, 1.165) is 62.6 Å². The number of fused-ring (bicyclic) bond motifs is 11. The summed E-state index contributed by atoms with van der Waals surface area (Å²) in [5.74, 6) is 3.68. The number of hydrogen-bond acceptors (Lipinski definition) is 4. The molecule has 50 heavy (non-hydrogen) atoms.